The van der Waals surface area contributed by atoms with Crippen molar-refractivity contribution in [2.45, 2.75) is 13.3 Å². The number of amides is 1. The smallest absolute Gasteiger partial charge is 0.308 e. The van der Waals surface area contributed by atoms with E-state index in [1.807, 2.05) is 37.3 Å². The maximum absolute atomic E-state index is 12.6. The molecule has 0 saturated carbocycles. The highest BCUT2D eigenvalue weighted by Crippen LogP contribution is 2.23. The van der Waals surface area contributed by atoms with E-state index in [2.05, 4.69) is 10.2 Å². The van der Waals surface area contributed by atoms with Gasteiger partial charge in [0.05, 0.1) is 17.8 Å². The topological polar surface area (TPSA) is 88.3 Å². The molecule has 1 aromatic heterocycles. The van der Waals surface area contributed by atoms with E-state index in [0.29, 0.717) is 13.0 Å². The standard InChI is InChI=1S/C16H18N4O3/c1-11-7-12(16(22)23)10-19(9-11)15(21)14-8-17-20(18-14)13-5-3-2-4-6-13/h2-6,8,11-12H,7,9-10H2,1H3,(H,22,23). The summed E-state index contributed by atoms with van der Waals surface area (Å²) in [7, 11) is 0. The quantitative estimate of drug-likeness (QED) is 0.926. The maximum atomic E-state index is 12.6. The van der Waals surface area contributed by atoms with E-state index in [9.17, 15) is 14.7 Å². The number of hydrogen-bond donors (Lipinski definition) is 1. The fourth-order valence-electron chi connectivity index (χ4n) is 2.91. The van der Waals surface area contributed by atoms with Crippen molar-refractivity contribution in [1.29, 1.82) is 0 Å². The van der Waals surface area contributed by atoms with Gasteiger partial charge in [0.2, 0.25) is 0 Å². The van der Waals surface area contributed by atoms with E-state index in [1.165, 1.54) is 11.0 Å². The average molecular weight is 314 g/mol. The first kappa shape index (κ1) is 15.2. The Hall–Kier alpha value is -2.70. The van der Waals surface area contributed by atoms with Crippen LogP contribution in [-0.4, -0.2) is 50.0 Å². The number of likely N-dealkylation sites (tertiary alicyclic amines) is 1. The van der Waals surface area contributed by atoms with E-state index in [1.54, 1.807) is 4.90 Å². The lowest BCUT2D eigenvalue weighted by atomic mass is 9.90. The Balaban J connectivity index is 1.78. The number of hydrogen-bond acceptors (Lipinski definition) is 4. The molecule has 7 heteroatoms. The van der Waals surface area contributed by atoms with Gasteiger partial charge in [-0.05, 0) is 24.5 Å². The Bertz CT molecular complexity index is 713. The van der Waals surface area contributed by atoms with Crippen molar-refractivity contribution in [2.24, 2.45) is 11.8 Å². The summed E-state index contributed by atoms with van der Waals surface area (Å²) in [6.07, 6.45) is 2.01. The number of rotatable bonds is 3. The van der Waals surface area contributed by atoms with Crippen molar-refractivity contribution < 1.29 is 14.7 Å². The van der Waals surface area contributed by atoms with Crippen molar-refractivity contribution in [3.05, 3.63) is 42.2 Å². The fourth-order valence-corrected chi connectivity index (χ4v) is 2.91. The molecule has 1 aliphatic rings. The monoisotopic (exact) mass is 314 g/mol. The van der Waals surface area contributed by atoms with Crippen LogP contribution in [-0.2, 0) is 4.79 Å². The first-order chi connectivity index (χ1) is 11.0. The van der Waals surface area contributed by atoms with Crippen LogP contribution in [0.25, 0.3) is 5.69 Å². The molecular weight excluding hydrogens is 296 g/mol. The molecule has 2 atom stereocenters. The predicted octanol–water partition coefficient (Wildman–Crippen LogP) is 1.45. The molecule has 1 aromatic carbocycles. The molecule has 1 aliphatic heterocycles. The summed E-state index contributed by atoms with van der Waals surface area (Å²) in [6.45, 7) is 2.72. The van der Waals surface area contributed by atoms with E-state index in [-0.39, 0.29) is 24.1 Å². The molecular formula is C16H18N4O3. The number of aromatic nitrogens is 3. The lowest BCUT2D eigenvalue weighted by Crippen LogP contribution is -2.45. The summed E-state index contributed by atoms with van der Waals surface area (Å²) < 4.78 is 0. The van der Waals surface area contributed by atoms with Gasteiger partial charge < -0.3 is 10.0 Å². The van der Waals surface area contributed by atoms with Crippen LogP contribution >= 0.6 is 0 Å². The van der Waals surface area contributed by atoms with E-state index in [4.69, 9.17) is 0 Å². The summed E-state index contributed by atoms with van der Waals surface area (Å²) in [5, 5.41) is 17.5. The third-order valence-corrected chi connectivity index (χ3v) is 3.99. The maximum Gasteiger partial charge on any atom is 0.308 e. The van der Waals surface area contributed by atoms with Gasteiger partial charge in [-0.2, -0.15) is 9.90 Å². The Labute approximate surface area is 133 Å². The summed E-state index contributed by atoms with van der Waals surface area (Å²) in [6, 6.07) is 9.31. The van der Waals surface area contributed by atoms with E-state index >= 15 is 0 Å². The second-order valence-corrected chi connectivity index (χ2v) is 5.94. The minimum absolute atomic E-state index is 0.151. The number of para-hydroxylation sites is 1. The summed E-state index contributed by atoms with van der Waals surface area (Å²) in [5.74, 6) is -1.50. The van der Waals surface area contributed by atoms with Crippen LogP contribution in [0.1, 0.15) is 23.8 Å². The second kappa shape index (κ2) is 6.20. The van der Waals surface area contributed by atoms with Gasteiger partial charge in [-0.25, -0.2) is 0 Å². The molecule has 2 unspecified atom stereocenters. The zero-order chi connectivity index (χ0) is 16.4. The van der Waals surface area contributed by atoms with Gasteiger partial charge in [0.1, 0.15) is 0 Å². The van der Waals surface area contributed by atoms with Gasteiger partial charge in [0.15, 0.2) is 5.69 Å². The zero-order valence-corrected chi connectivity index (χ0v) is 12.8. The molecule has 23 heavy (non-hydrogen) atoms. The van der Waals surface area contributed by atoms with Gasteiger partial charge in [-0.3, -0.25) is 9.59 Å². The average Bonchev–Trinajstić information content (AvgIpc) is 3.04. The van der Waals surface area contributed by atoms with Crippen molar-refractivity contribution in [2.75, 3.05) is 13.1 Å². The molecule has 0 spiro atoms. The van der Waals surface area contributed by atoms with Crippen LogP contribution in [0.2, 0.25) is 0 Å². The Morgan fingerprint density at radius 2 is 1.96 bits per heavy atom. The lowest BCUT2D eigenvalue weighted by molar-refractivity contribution is -0.143. The highest BCUT2D eigenvalue weighted by molar-refractivity contribution is 5.92. The molecule has 0 aliphatic carbocycles. The molecule has 120 valence electrons. The molecule has 0 bridgehead atoms. The molecule has 1 N–H and O–H groups in total. The molecule has 2 heterocycles. The summed E-state index contributed by atoms with van der Waals surface area (Å²) in [5.41, 5.74) is 0.995. The molecule has 1 fully saturated rings. The van der Waals surface area contributed by atoms with Gasteiger partial charge in [0, 0.05) is 13.1 Å². The fraction of sp³-hybridized carbons (Fsp3) is 0.375. The van der Waals surface area contributed by atoms with Crippen LogP contribution in [0.5, 0.6) is 0 Å². The Kier molecular flexibility index (Phi) is 4.10. The van der Waals surface area contributed by atoms with Crippen molar-refractivity contribution >= 4 is 11.9 Å². The Morgan fingerprint density at radius 3 is 2.65 bits per heavy atom. The van der Waals surface area contributed by atoms with Crippen LogP contribution < -0.4 is 0 Å². The number of nitrogens with zero attached hydrogens (tertiary/aromatic N) is 4. The van der Waals surface area contributed by atoms with Crippen LogP contribution in [0.4, 0.5) is 0 Å². The van der Waals surface area contributed by atoms with Crippen LogP contribution in [0.15, 0.2) is 36.5 Å². The normalized spacial score (nSPS) is 21.2. The van der Waals surface area contributed by atoms with Crippen molar-refractivity contribution in [3.63, 3.8) is 0 Å². The number of piperidine rings is 1. The largest absolute Gasteiger partial charge is 0.481 e. The number of carbonyl (C=O) groups is 2. The number of carboxylic acid groups (broad SMARTS) is 1. The summed E-state index contributed by atoms with van der Waals surface area (Å²) >= 11 is 0. The molecule has 0 radical (unpaired) electrons. The minimum atomic E-state index is -0.859. The third kappa shape index (κ3) is 3.23. The molecule has 7 nitrogen and oxygen atoms in total. The molecule has 1 saturated heterocycles. The molecule has 2 aromatic rings. The molecule has 1 amide bonds. The lowest BCUT2D eigenvalue weighted by Gasteiger charge is -2.34. The SMILES string of the molecule is CC1CC(C(=O)O)CN(C(=O)c2cnn(-c3ccccc3)n2)C1. The van der Waals surface area contributed by atoms with Gasteiger partial charge >= 0.3 is 5.97 Å². The highest BCUT2D eigenvalue weighted by atomic mass is 16.4. The first-order valence-electron chi connectivity index (χ1n) is 7.54. The van der Waals surface area contributed by atoms with Crippen molar-refractivity contribution in [3.8, 4) is 5.69 Å². The van der Waals surface area contributed by atoms with Gasteiger partial charge in [-0.15, -0.1) is 5.10 Å². The van der Waals surface area contributed by atoms with Crippen molar-refractivity contribution in [1.82, 2.24) is 19.9 Å². The highest BCUT2D eigenvalue weighted by Gasteiger charge is 2.33. The Morgan fingerprint density at radius 1 is 1.22 bits per heavy atom. The predicted molar refractivity (Wildman–Crippen MR) is 82.2 cm³/mol. The first-order valence-corrected chi connectivity index (χ1v) is 7.54. The van der Waals surface area contributed by atoms with E-state index < -0.39 is 11.9 Å². The summed E-state index contributed by atoms with van der Waals surface area (Å²) in [4.78, 5) is 26.8. The molecule has 3 rings (SSSR count). The van der Waals surface area contributed by atoms with Gasteiger partial charge in [0.25, 0.3) is 5.91 Å². The number of benzene rings is 1. The number of aliphatic carboxylic acids is 1. The van der Waals surface area contributed by atoms with Crippen LogP contribution in [0, 0.1) is 11.8 Å². The minimum Gasteiger partial charge on any atom is -0.481 e. The zero-order valence-electron chi connectivity index (χ0n) is 12.8. The third-order valence-electron chi connectivity index (χ3n) is 3.99. The van der Waals surface area contributed by atoms with Gasteiger partial charge in [-0.1, -0.05) is 25.1 Å². The van der Waals surface area contributed by atoms with E-state index in [0.717, 1.165) is 5.69 Å². The second-order valence-electron chi connectivity index (χ2n) is 5.94. The number of carbonyl (C=O) groups excluding carboxylic acids is 1. The van der Waals surface area contributed by atoms with Crippen LogP contribution in [0.3, 0.4) is 0 Å². The number of carboxylic acids is 1.